The molecule has 1 N–H and O–H groups in total. The van der Waals surface area contributed by atoms with Gasteiger partial charge in [0.05, 0.1) is 27.5 Å². The maximum Gasteiger partial charge on any atom is 0.271 e. The molecular formula is C15H11Cl2N3O2S. The highest BCUT2D eigenvalue weighted by molar-refractivity contribution is 7.17. The van der Waals surface area contributed by atoms with E-state index in [-0.39, 0.29) is 23.0 Å². The summed E-state index contributed by atoms with van der Waals surface area (Å²) in [4.78, 5) is 28.5. The molecule has 0 bridgehead atoms. The number of halogens is 2. The van der Waals surface area contributed by atoms with E-state index in [4.69, 9.17) is 23.2 Å². The van der Waals surface area contributed by atoms with Crippen LogP contribution in [0.2, 0.25) is 10.0 Å². The molecule has 118 valence electrons. The summed E-state index contributed by atoms with van der Waals surface area (Å²) < 4.78 is 2.08. The van der Waals surface area contributed by atoms with Crippen molar-refractivity contribution in [2.75, 3.05) is 6.54 Å². The average Bonchev–Trinajstić information content (AvgIpc) is 3.01. The minimum Gasteiger partial charge on any atom is -0.350 e. The molecule has 8 heteroatoms. The zero-order valence-corrected chi connectivity index (χ0v) is 14.1. The van der Waals surface area contributed by atoms with Crippen molar-refractivity contribution in [1.29, 1.82) is 0 Å². The molecular weight excluding hydrogens is 357 g/mol. The molecule has 5 nitrogen and oxygen atoms in total. The Labute approximate surface area is 145 Å². The molecule has 0 saturated heterocycles. The number of hydrogen-bond donors (Lipinski definition) is 1. The molecule has 0 spiro atoms. The largest absolute Gasteiger partial charge is 0.350 e. The lowest BCUT2D eigenvalue weighted by molar-refractivity contribution is 0.0952. The fourth-order valence-electron chi connectivity index (χ4n) is 2.10. The Morgan fingerprint density at radius 1 is 1.30 bits per heavy atom. The van der Waals surface area contributed by atoms with Crippen LogP contribution in [-0.4, -0.2) is 22.0 Å². The molecule has 3 rings (SSSR count). The molecule has 2 heterocycles. The Morgan fingerprint density at radius 3 is 2.96 bits per heavy atom. The molecule has 0 unspecified atom stereocenters. The summed E-state index contributed by atoms with van der Waals surface area (Å²) in [5.41, 5.74) is 0.879. The van der Waals surface area contributed by atoms with Gasteiger partial charge in [0.2, 0.25) is 0 Å². The van der Waals surface area contributed by atoms with Gasteiger partial charge in [-0.25, -0.2) is 4.98 Å². The minimum absolute atomic E-state index is 0.111. The van der Waals surface area contributed by atoms with Gasteiger partial charge >= 0.3 is 0 Å². The molecule has 1 aromatic carbocycles. The van der Waals surface area contributed by atoms with E-state index < -0.39 is 0 Å². The second kappa shape index (κ2) is 6.70. The van der Waals surface area contributed by atoms with Gasteiger partial charge in [0, 0.05) is 13.1 Å². The molecule has 3 aromatic rings. The first-order valence-corrected chi connectivity index (χ1v) is 8.36. The number of carbonyl (C=O) groups is 1. The van der Waals surface area contributed by atoms with E-state index in [0.717, 1.165) is 0 Å². The van der Waals surface area contributed by atoms with Crippen LogP contribution in [0.3, 0.4) is 0 Å². The average molecular weight is 368 g/mol. The van der Waals surface area contributed by atoms with Crippen molar-refractivity contribution in [2.24, 2.45) is 0 Å². The molecule has 2 aromatic heterocycles. The van der Waals surface area contributed by atoms with Crippen LogP contribution in [0.15, 0.2) is 40.8 Å². The first kappa shape index (κ1) is 16.0. The number of thiophene rings is 1. The molecule has 1 amide bonds. The van der Waals surface area contributed by atoms with Gasteiger partial charge < -0.3 is 5.32 Å². The standard InChI is InChI=1S/C15H11Cl2N3O2S/c16-10-3-1-2-9(12(10)17)14(21)18-5-6-20-8-19-11-4-7-23-13(11)15(20)22/h1-4,7-8H,5-6H2,(H,18,21). The van der Waals surface area contributed by atoms with Crippen molar-refractivity contribution >= 4 is 50.7 Å². The summed E-state index contributed by atoms with van der Waals surface area (Å²) in [7, 11) is 0. The quantitative estimate of drug-likeness (QED) is 0.769. The summed E-state index contributed by atoms with van der Waals surface area (Å²) in [6.45, 7) is 0.601. The maximum absolute atomic E-state index is 12.2. The predicted molar refractivity (Wildman–Crippen MR) is 92.7 cm³/mol. The first-order chi connectivity index (χ1) is 11.1. The van der Waals surface area contributed by atoms with Crippen molar-refractivity contribution in [2.45, 2.75) is 6.54 Å². The number of amides is 1. The molecule has 0 aliphatic carbocycles. The highest BCUT2D eigenvalue weighted by atomic mass is 35.5. The fourth-order valence-corrected chi connectivity index (χ4v) is 3.28. The van der Waals surface area contributed by atoms with Gasteiger partial charge in [-0.3, -0.25) is 14.2 Å². The van der Waals surface area contributed by atoms with E-state index in [0.29, 0.717) is 27.3 Å². The lowest BCUT2D eigenvalue weighted by Crippen LogP contribution is -2.31. The van der Waals surface area contributed by atoms with Crippen LogP contribution in [-0.2, 0) is 6.54 Å². The SMILES string of the molecule is O=C(NCCn1cnc2ccsc2c1=O)c1cccc(Cl)c1Cl. The molecule has 0 radical (unpaired) electrons. The zero-order valence-electron chi connectivity index (χ0n) is 11.8. The van der Waals surface area contributed by atoms with E-state index in [9.17, 15) is 9.59 Å². The number of hydrogen-bond acceptors (Lipinski definition) is 4. The summed E-state index contributed by atoms with van der Waals surface area (Å²) in [6.07, 6.45) is 1.48. The summed E-state index contributed by atoms with van der Waals surface area (Å²) in [5, 5.41) is 5.08. The van der Waals surface area contributed by atoms with Gasteiger partial charge in [-0.05, 0) is 23.6 Å². The summed E-state index contributed by atoms with van der Waals surface area (Å²) in [6, 6.07) is 6.66. The first-order valence-electron chi connectivity index (χ1n) is 6.73. The number of nitrogens with one attached hydrogen (secondary N) is 1. The van der Waals surface area contributed by atoms with Crippen LogP contribution in [0.25, 0.3) is 10.2 Å². The highest BCUT2D eigenvalue weighted by Gasteiger charge is 2.12. The van der Waals surface area contributed by atoms with Gasteiger partial charge in [-0.15, -0.1) is 11.3 Å². The summed E-state index contributed by atoms with van der Waals surface area (Å²) in [5.74, 6) is -0.337. The third-order valence-corrected chi connectivity index (χ3v) is 4.98. The van der Waals surface area contributed by atoms with Crippen molar-refractivity contribution in [3.05, 3.63) is 61.9 Å². The molecule has 0 aliphatic rings. The smallest absolute Gasteiger partial charge is 0.271 e. The third kappa shape index (κ3) is 3.24. The van der Waals surface area contributed by atoms with Gasteiger partial charge in [-0.1, -0.05) is 29.3 Å². The number of aromatic nitrogens is 2. The lowest BCUT2D eigenvalue weighted by Gasteiger charge is -2.09. The predicted octanol–water partition coefficient (Wildman–Crippen LogP) is 3.19. The Kier molecular flexibility index (Phi) is 4.66. The number of nitrogens with zero attached hydrogens (tertiary/aromatic N) is 2. The van der Waals surface area contributed by atoms with Gasteiger partial charge in [0.15, 0.2) is 0 Å². The van der Waals surface area contributed by atoms with E-state index in [1.54, 1.807) is 24.3 Å². The topological polar surface area (TPSA) is 64.0 Å². The Hall–Kier alpha value is -1.89. The normalized spacial score (nSPS) is 10.9. The third-order valence-electron chi connectivity index (χ3n) is 3.27. The fraction of sp³-hybridized carbons (Fsp3) is 0.133. The van der Waals surface area contributed by atoms with E-state index in [1.165, 1.54) is 22.2 Å². The van der Waals surface area contributed by atoms with Gasteiger partial charge in [0.1, 0.15) is 4.70 Å². The lowest BCUT2D eigenvalue weighted by atomic mass is 10.2. The second-order valence-corrected chi connectivity index (χ2v) is 6.44. The molecule has 0 atom stereocenters. The van der Waals surface area contributed by atoms with E-state index >= 15 is 0 Å². The molecule has 0 fully saturated rings. The van der Waals surface area contributed by atoms with Crippen molar-refractivity contribution < 1.29 is 4.79 Å². The number of rotatable bonds is 4. The Balaban J connectivity index is 1.69. The van der Waals surface area contributed by atoms with Crippen LogP contribution >= 0.6 is 34.5 Å². The van der Waals surface area contributed by atoms with Crippen LogP contribution in [0, 0.1) is 0 Å². The maximum atomic E-state index is 12.2. The number of carbonyl (C=O) groups excluding carboxylic acids is 1. The molecule has 0 aliphatic heterocycles. The van der Waals surface area contributed by atoms with E-state index in [2.05, 4.69) is 10.3 Å². The minimum atomic E-state index is -0.337. The van der Waals surface area contributed by atoms with Crippen molar-refractivity contribution in [1.82, 2.24) is 14.9 Å². The van der Waals surface area contributed by atoms with E-state index in [1.807, 2.05) is 5.38 Å². The van der Waals surface area contributed by atoms with Crippen LogP contribution < -0.4 is 10.9 Å². The van der Waals surface area contributed by atoms with Crippen LogP contribution in [0.4, 0.5) is 0 Å². The second-order valence-electron chi connectivity index (χ2n) is 4.74. The van der Waals surface area contributed by atoms with Crippen molar-refractivity contribution in [3.63, 3.8) is 0 Å². The Bertz CT molecular complexity index is 936. The van der Waals surface area contributed by atoms with Gasteiger partial charge in [-0.2, -0.15) is 0 Å². The van der Waals surface area contributed by atoms with Gasteiger partial charge in [0.25, 0.3) is 11.5 Å². The van der Waals surface area contributed by atoms with Crippen LogP contribution in [0.1, 0.15) is 10.4 Å². The summed E-state index contributed by atoms with van der Waals surface area (Å²) >= 11 is 13.2. The highest BCUT2D eigenvalue weighted by Crippen LogP contribution is 2.25. The van der Waals surface area contributed by atoms with Crippen LogP contribution in [0.5, 0.6) is 0 Å². The van der Waals surface area contributed by atoms with Crippen molar-refractivity contribution in [3.8, 4) is 0 Å². The number of fused-ring (bicyclic) bond motifs is 1. The molecule has 0 saturated carbocycles. The number of benzene rings is 1. The monoisotopic (exact) mass is 367 g/mol. The molecule has 23 heavy (non-hydrogen) atoms. The Morgan fingerprint density at radius 2 is 2.13 bits per heavy atom. The zero-order chi connectivity index (χ0) is 16.4.